The molecule has 0 bridgehead atoms. The number of amides is 2. The number of hydroxylamine groups is 1. The molecule has 0 aliphatic heterocycles. The third-order valence-electron chi connectivity index (χ3n) is 5.51. The topological polar surface area (TPSA) is 76.7 Å². The highest BCUT2D eigenvalue weighted by Crippen LogP contribution is 2.44. The first-order valence-electron chi connectivity index (χ1n) is 11.4. The Morgan fingerprint density at radius 2 is 1.50 bits per heavy atom. The molecule has 1 atom stereocenters. The van der Waals surface area contributed by atoms with Crippen molar-refractivity contribution in [2.45, 2.75) is 52.6 Å². The summed E-state index contributed by atoms with van der Waals surface area (Å²) >= 11 is 0. The number of hydrogen-bond acceptors (Lipinski definition) is 4. The van der Waals surface area contributed by atoms with Gasteiger partial charge in [0.25, 0.3) is 0 Å². The summed E-state index contributed by atoms with van der Waals surface area (Å²) < 4.78 is 5.50. The fourth-order valence-electron chi connectivity index (χ4n) is 4.06. The Morgan fingerprint density at radius 3 is 2.06 bits per heavy atom. The van der Waals surface area contributed by atoms with E-state index in [0.717, 1.165) is 11.1 Å². The van der Waals surface area contributed by atoms with E-state index < -0.39 is 12.2 Å². The van der Waals surface area contributed by atoms with E-state index in [-0.39, 0.29) is 24.9 Å². The SMILES string of the molecule is CC(C)CNC(=O)C[C@@H](CC(C)C)ONC(=O)OCC1c2ccccc2-c2ccccc21. The Balaban J connectivity index is 1.54. The monoisotopic (exact) mass is 438 g/mol. The van der Waals surface area contributed by atoms with Crippen LogP contribution in [0.2, 0.25) is 0 Å². The molecule has 0 fully saturated rings. The maximum Gasteiger partial charge on any atom is 0.431 e. The van der Waals surface area contributed by atoms with Gasteiger partial charge in [0, 0.05) is 12.5 Å². The highest BCUT2D eigenvalue weighted by Gasteiger charge is 2.29. The Bertz CT molecular complexity index is 880. The fourth-order valence-corrected chi connectivity index (χ4v) is 4.06. The molecule has 1 aliphatic carbocycles. The summed E-state index contributed by atoms with van der Waals surface area (Å²) in [6.45, 7) is 9.02. The average Bonchev–Trinajstić information content (AvgIpc) is 3.08. The molecule has 2 N–H and O–H groups in total. The molecule has 2 aromatic rings. The van der Waals surface area contributed by atoms with Crippen molar-refractivity contribution >= 4 is 12.0 Å². The number of carbonyl (C=O) groups excluding carboxylic acids is 2. The maximum absolute atomic E-state index is 12.4. The zero-order valence-corrected chi connectivity index (χ0v) is 19.4. The number of benzene rings is 2. The molecule has 32 heavy (non-hydrogen) atoms. The third-order valence-corrected chi connectivity index (χ3v) is 5.51. The van der Waals surface area contributed by atoms with E-state index in [2.05, 4.69) is 48.9 Å². The van der Waals surface area contributed by atoms with E-state index >= 15 is 0 Å². The molecule has 6 heteroatoms. The number of rotatable bonds is 10. The fraction of sp³-hybridized carbons (Fsp3) is 0.462. The minimum absolute atomic E-state index is 0.0126. The Hall–Kier alpha value is -2.86. The minimum Gasteiger partial charge on any atom is -0.447 e. The van der Waals surface area contributed by atoms with Crippen molar-refractivity contribution in [1.29, 1.82) is 0 Å². The van der Waals surface area contributed by atoms with Gasteiger partial charge in [0.15, 0.2) is 0 Å². The van der Waals surface area contributed by atoms with Gasteiger partial charge >= 0.3 is 6.09 Å². The van der Waals surface area contributed by atoms with Crippen LogP contribution >= 0.6 is 0 Å². The van der Waals surface area contributed by atoms with E-state index in [4.69, 9.17) is 9.57 Å². The van der Waals surface area contributed by atoms with Gasteiger partial charge in [-0.15, -0.1) is 0 Å². The first-order chi connectivity index (χ1) is 15.3. The van der Waals surface area contributed by atoms with E-state index in [1.807, 2.05) is 38.1 Å². The van der Waals surface area contributed by atoms with Gasteiger partial charge in [0.1, 0.15) is 6.61 Å². The second-order valence-corrected chi connectivity index (χ2v) is 9.20. The normalized spacial score (nSPS) is 13.6. The van der Waals surface area contributed by atoms with Gasteiger partial charge in [-0.05, 0) is 40.5 Å². The summed E-state index contributed by atoms with van der Waals surface area (Å²) in [6.07, 6.45) is -0.223. The zero-order chi connectivity index (χ0) is 23.1. The van der Waals surface area contributed by atoms with Crippen LogP contribution in [0.25, 0.3) is 11.1 Å². The van der Waals surface area contributed by atoms with Crippen molar-refractivity contribution in [3.05, 3.63) is 59.7 Å². The first kappa shape index (κ1) is 23.8. The molecule has 172 valence electrons. The molecule has 6 nitrogen and oxygen atoms in total. The lowest BCUT2D eigenvalue weighted by molar-refractivity contribution is -0.126. The summed E-state index contributed by atoms with van der Waals surface area (Å²) in [6, 6.07) is 16.4. The third kappa shape index (κ3) is 6.33. The Morgan fingerprint density at radius 1 is 0.906 bits per heavy atom. The molecule has 0 heterocycles. The molecule has 0 spiro atoms. The number of carbonyl (C=O) groups is 2. The molecular formula is C26H34N2O4. The standard InChI is InChI=1S/C26H34N2O4/c1-17(2)13-19(14-25(29)27-15-18(3)4)32-28-26(30)31-16-24-22-11-7-5-9-20(22)21-10-6-8-12-23(21)24/h5-12,17-19,24H,13-16H2,1-4H3,(H,27,29)(H,28,30)/t19-/m1/s1. The van der Waals surface area contributed by atoms with Gasteiger partial charge in [0.05, 0.1) is 12.5 Å². The van der Waals surface area contributed by atoms with Crippen LogP contribution in [0.3, 0.4) is 0 Å². The highest BCUT2D eigenvalue weighted by molar-refractivity contribution is 5.79. The molecule has 0 saturated carbocycles. The molecule has 0 unspecified atom stereocenters. The number of fused-ring (bicyclic) bond motifs is 3. The summed E-state index contributed by atoms with van der Waals surface area (Å²) in [5.41, 5.74) is 7.06. The summed E-state index contributed by atoms with van der Waals surface area (Å²) in [4.78, 5) is 30.1. The first-order valence-corrected chi connectivity index (χ1v) is 11.4. The Kier molecular flexibility index (Phi) is 8.28. The van der Waals surface area contributed by atoms with Gasteiger partial charge in [-0.25, -0.2) is 4.79 Å². The predicted molar refractivity (Wildman–Crippen MR) is 125 cm³/mol. The lowest BCUT2D eigenvalue weighted by Crippen LogP contribution is -2.36. The predicted octanol–water partition coefficient (Wildman–Crippen LogP) is 5.03. The van der Waals surface area contributed by atoms with Gasteiger partial charge < -0.3 is 10.1 Å². The number of hydrogen-bond donors (Lipinski definition) is 2. The van der Waals surface area contributed by atoms with E-state index in [1.165, 1.54) is 11.1 Å². The lowest BCUT2D eigenvalue weighted by atomic mass is 9.98. The van der Waals surface area contributed by atoms with Gasteiger partial charge in [-0.2, -0.15) is 5.48 Å². The summed E-state index contributed by atoms with van der Waals surface area (Å²) in [5, 5.41) is 2.89. The molecule has 2 amide bonds. The van der Waals surface area contributed by atoms with Crippen LogP contribution in [0.1, 0.15) is 57.6 Å². The lowest BCUT2D eigenvalue weighted by Gasteiger charge is -2.20. The van der Waals surface area contributed by atoms with E-state index in [1.54, 1.807) is 0 Å². The summed E-state index contributed by atoms with van der Waals surface area (Å²) in [5.74, 6) is 0.602. The van der Waals surface area contributed by atoms with Crippen molar-refractivity contribution in [3.63, 3.8) is 0 Å². The van der Waals surface area contributed by atoms with Crippen LogP contribution in [0, 0.1) is 11.8 Å². The molecular weight excluding hydrogens is 404 g/mol. The molecule has 3 rings (SSSR count). The van der Waals surface area contributed by atoms with Crippen molar-refractivity contribution in [1.82, 2.24) is 10.8 Å². The van der Waals surface area contributed by atoms with Gasteiger partial charge in [-0.1, -0.05) is 76.2 Å². The van der Waals surface area contributed by atoms with Crippen LogP contribution in [0.15, 0.2) is 48.5 Å². The smallest absolute Gasteiger partial charge is 0.431 e. The molecule has 2 aromatic carbocycles. The second-order valence-electron chi connectivity index (χ2n) is 9.20. The van der Waals surface area contributed by atoms with E-state index in [9.17, 15) is 9.59 Å². The van der Waals surface area contributed by atoms with Crippen LogP contribution in [-0.2, 0) is 14.4 Å². The van der Waals surface area contributed by atoms with Crippen molar-refractivity contribution < 1.29 is 19.2 Å². The largest absolute Gasteiger partial charge is 0.447 e. The van der Waals surface area contributed by atoms with Crippen LogP contribution in [0.4, 0.5) is 4.79 Å². The van der Waals surface area contributed by atoms with Crippen LogP contribution in [-0.4, -0.2) is 31.3 Å². The highest BCUT2D eigenvalue weighted by atomic mass is 16.7. The maximum atomic E-state index is 12.4. The van der Waals surface area contributed by atoms with Crippen LogP contribution in [0.5, 0.6) is 0 Å². The van der Waals surface area contributed by atoms with Crippen molar-refractivity contribution in [2.24, 2.45) is 11.8 Å². The quantitative estimate of drug-likeness (QED) is 0.510. The van der Waals surface area contributed by atoms with Crippen molar-refractivity contribution in [3.8, 4) is 11.1 Å². The second kappa shape index (κ2) is 11.1. The van der Waals surface area contributed by atoms with Gasteiger partial charge in [-0.3, -0.25) is 9.63 Å². The number of ether oxygens (including phenoxy) is 1. The molecule has 0 saturated heterocycles. The zero-order valence-electron chi connectivity index (χ0n) is 19.4. The van der Waals surface area contributed by atoms with E-state index in [0.29, 0.717) is 24.8 Å². The van der Waals surface area contributed by atoms with Crippen LogP contribution < -0.4 is 10.8 Å². The van der Waals surface area contributed by atoms with Crippen molar-refractivity contribution in [2.75, 3.05) is 13.2 Å². The Labute approximate surface area is 190 Å². The molecule has 0 radical (unpaired) electrons. The number of nitrogens with one attached hydrogen (secondary N) is 2. The summed E-state index contributed by atoms with van der Waals surface area (Å²) in [7, 11) is 0. The molecule has 1 aliphatic rings. The average molecular weight is 439 g/mol. The molecule has 0 aromatic heterocycles. The minimum atomic E-state index is -0.650. The van der Waals surface area contributed by atoms with Gasteiger partial charge in [0.2, 0.25) is 5.91 Å².